The molecule has 5 heteroatoms. The van der Waals surface area contributed by atoms with Crippen LogP contribution < -0.4 is 10.2 Å². The summed E-state index contributed by atoms with van der Waals surface area (Å²) >= 11 is 12.4. The first-order valence-corrected chi connectivity index (χ1v) is 7.55. The second-order valence-electron chi connectivity index (χ2n) is 5.41. The van der Waals surface area contributed by atoms with Crippen molar-refractivity contribution in [3.8, 4) is 0 Å². The molecule has 2 unspecified atom stereocenters. The minimum atomic E-state index is 0.514. The molecular weight excluding hydrogens is 281 g/mol. The van der Waals surface area contributed by atoms with E-state index in [0.29, 0.717) is 21.9 Å². The lowest BCUT2D eigenvalue weighted by Crippen LogP contribution is -2.36. The highest BCUT2D eigenvalue weighted by Crippen LogP contribution is 2.35. The maximum Gasteiger partial charge on any atom is 0.149 e. The number of nitrogens with zero attached hydrogens (tertiary/aromatic N) is 2. The number of pyridine rings is 1. The van der Waals surface area contributed by atoms with Gasteiger partial charge in [-0.3, -0.25) is 0 Å². The first-order chi connectivity index (χ1) is 9.02. The Morgan fingerprint density at radius 1 is 1.32 bits per heavy atom. The summed E-state index contributed by atoms with van der Waals surface area (Å²) in [6.45, 7) is 2.32. The van der Waals surface area contributed by atoms with Crippen molar-refractivity contribution in [1.82, 2.24) is 4.98 Å². The van der Waals surface area contributed by atoms with Gasteiger partial charge in [0.25, 0.3) is 0 Å². The zero-order valence-electron chi connectivity index (χ0n) is 11.7. The zero-order chi connectivity index (χ0) is 14.0. The van der Waals surface area contributed by atoms with Crippen LogP contribution in [0.3, 0.4) is 0 Å². The fraction of sp³-hybridized carbons (Fsp3) is 0.643. The third-order valence-corrected chi connectivity index (χ3v) is 4.50. The van der Waals surface area contributed by atoms with Gasteiger partial charge in [0.05, 0.1) is 10.0 Å². The van der Waals surface area contributed by atoms with Crippen molar-refractivity contribution in [2.24, 2.45) is 5.92 Å². The van der Waals surface area contributed by atoms with E-state index >= 15 is 0 Å². The number of halogens is 2. The van der Waals surface area contributed by atoms with Gasteiger partial charge in [0, 0.05) is 20.1 Å². The Labute approximate surface area is 125 Å². The van der Waals surface area contributed by atoms with Crippen LogP contribution in [0.2, 0.25) is 10.0 Å². The lowest BCUT2D eigenvalue weighted by molar-refractivity contribution is 0.335. The molecule has 19 heavy (non-hydrogen) atoms. The SMILES string of the molecule is CNc1nc(N(C)C2CCCC(C)C2)c(Cl)cc1Cl. The average molecular weight is 302 g/mol. The van der Waals surface area contributed by atoms with Gasteiger partial charge >= 0.3 is 0 Å². The summed E-state index contributed by atoms with van der Waals surface area (Å²) in [6.07, 6.45) is 5.01. The van der Waals surface area contributed by atoms with Crippen molar-refractivity contribution in [1.29, 1.82) is 0 Å². The van der Waals surface area contributed by atoms with Crippen molar-refractivity contribution in [3.05, 3.63) is 16.1 Å². The molecule has 1 fully saturated rings. The van der Waals surface area contributed by atoms with Crippen LogP contribution in [0.15, 0.2) is 6.07 Å². The van der Waals surface area contributed by atoms with Crippen molar-refractivity contribution >= 4 is 34.8 Å². The van der Waals surface area contributed by atoms with Gasteiger partial charge in [0.15, 0.2) is 0 Å². The maximum absolute atomic E-state index is 6.29. The summed E-state index contributed by atoms with van der Waals surface area (Å²) in [7, 11) is 3.89. The lowest BCUT2D eigenvalue weighted by Gasteiger charge is -2.35. The topological polar surface area (TPSA) is 28.2 Å². The van der Waals surface area contributed by atoms with Gasteiger partial charge in [-0.2, -0.15) is 0 Å². The van der Waals surface area contributed by atoms with E-state index < -0.39 is 0 Å². The fourth-order valence-electron chi connectivity index (χ4n) is 2.81. The van der Waals surface area contributed by atoms with Crippen LogP contribution in [0.5, 0.6) is 0 Å². The molecule has 1 heterocycles. The van der Waals surface area contributed by atoms with E-state index in [2.05, 4.69) is 29.2 Å². The van der Waals surface area contributed by atoms with Crippen LogP contribution in [-0.4, -0.2) is 25.1 Å². The van der Waals surface area contributed by atoms with E-state index in [1.165, 1.54) is 25.7 Å². The number of hydrogen-bond acceptors (Lipinski definition) is 3. The fourth-order valence-corrected chi connectivity index (χ4v) is 3.39. The van der Waals surface area contributed by atoms with Gasteiger partial charge in [0.2, 0.25) is 0 Å². The smallest absolute Gasteiger partial charge is 0.149 e. The standard InChI is InChI=1S/C14H21Cl2N3/c1-9-5-4-6-10(7-9)19(3)14-12(16)8-11(15)13(17-2)18-14/h8-10H,4-7H2,1-3H3,(H,17,18). The Hall–Kier alpha value is -0.670. The van der Waals surface area contributed by atoms with Crippen molar-refractivity contribution in [2.75, 3.05) is 24.3 Å². The van der Waals surface area contributed by atoms with Crippen LogP contribution in [0, 0.1) is 5.92 Å². The Kier molecular flexibility index (Phi) is 4.80. The summed E-state index contributed by atoms with van der Waals surface area (Å²) < 4.78 is 0. The quantitative estimate of drug-likeness (QED) is 0.894. The molecule has 1 saturated carbocycles. The van der Waals surface area contributed by atoms with Crippen LogP contribution in [0.4, 0.5) is 11.6 Å². The van der Waals surface area contributed by atoms with Crippen LogP contribution >= 0.6 is 23.2 Å². The third kappa shape index (κ3) is 3.26. The molecule has 0 amide bonds. The highest BCUT2D eigenvalue weighted by Gasteiger charge is 2.25. The van der Waals surface area contributed by atoms with Gasteiger partial charge < -0.3 is 10.2 Å². The number of rotatable bonds is 3. The molecule has 106 valence electrons. The summed E-state index contributed by atoms with van der Waals surface area (Å²) in [6, 6.07) is 2.28. The van der Waals surface area contributed by atoms with Crippen LogP contribution in [0.1, 0.15) is 32.6 Å². The normalized spacial score (nSPS) is 23.2. The van der Waals surface area contributed by atoms with E-state index in [1.54, 1.807) is 6.07 Å². The molecule has 1 aliphatic rings. The van der Waals surface area contributed by atoms with E-state index in [1.807, 2.05) is 7.05 Å². The zero-order valence-corrected chi connectivity index (χ0v) is 13.2. The Morgan fingerprint density at radius 2 is 2.05 bits per heavy atom. The molecule has 0 spiro atoms. The monoisotopic (exact) mass is 301 g/mol. The Balaban J connectivity index is 2.25. The van der Waals surface area contributed by atoms with E-state index in [4.69, 9.17) is 23.2 Å². The maximum atomic E-state index is 6.29. The highest BCUT2D eigenvalue weighted by atomic mass is 35.5. The molecule has 2 atom stereocenters. The van der Waals surface area contributed by atoms with Crippen molar-refractivity contribution in [2.45, 2.75) is 38.6 Å². The van der Waals surface area contributed by atoms with Crippen molar-refractivity contribution < 1.29 is 0 Å². The van der Waals surface area contributed by atoms with E-state index in [0.717, 1.165) is 11.7 Å². The minimum Gasteiger partial charge on any atom is -0.372 e. The van der Waals surface area contributed by atoms with Crippen molar-refractivity contribution in [3.63, 3.8) is 0 Å². The molecule has 3 nitrogen and oxygen atoms in total. The third-order valence-electron chi connectivity index (χ3n) is 3.94. The molecule has 0 aliphatic heterocycles. The van der Waals surface area contributed by atoms with Gasteiger partial charge in [-0.15, -0.1) is 0 Å². The van der Waals surface area contributed by atoms with Gasteiger partial charge in [-0.05, 0) is 24.8 Å². The van der Waals surface area contributed by atoms with Crippen LogP contribution in [-0.2, 0) is 0 Å². The second-order valence-corrected chi connectivity index (χ2v) is 6.23. The van der Waals surface area contributed by atoms with Gasteiger partial charge in [0.1, 0.15) is 11.6 Å². The van der Waals surface area contributed by atoms with Crippen LogP contribution in [0.25, 0.3) is 0 Å². The summed E-state index contributed by atoms with van der Waals surface area (Å²) in [5.41, 5.74) is 0. The first-order valence-electron chi connectivity index (χ1n) is 6.79. The summed E-state index contributed by atoms with van der Waals surface area (Å²) in [4.78, 5) is 6.74. The molecule has 0 aromatic carbocycles. The molecule has 1 aromatic rings. The summed E-state index contributed by atoms with van der Waals surface area (Å²) in [5, 5.41) is 4.17. The Bertz CT molecular complexity index is 451. The molecular formula is C14H21Cl2N3. The Morgan fingerprint density at radius 3 is 2.68 bits per heavy atom. The molecule has 1 N–H and O–H groups in total. The van der Waals surface area contributed by atoms with E-state index in [-0.39, 0.29) is 0 Å². The summed E-state index contributed by atoms with van der Waals surface area (Å²) in [5.74, 6) is 2.27. The predicted octanol–water partition coefficient (Wildman–Crippen LogP) is 4.45. The van der Waals surface area contributed by atoms with Gasteiger partial charge in [-0.25, -0.2) is 4.98 Å². The molecule has 0 radical (unpaired) electrons. The molecule has 2 rings (SSSR count). The molecule has 0 bridgehead atoms. The number of anilines is 2. The average Bonchev–Trinajstić information content (AvgIpc) is 2.38. The largest absolute Gasteiger partial charge is 0.372 e. The minimum absolute atomic E-state index is 0.514. The molecule has 0 saturated heterocycles. The number of hydrogen-bond donors (Lipinski definition) is 1. The van der Waals surface area contributed by atoms with Gasteiger partial charge in [-0.1, -0.05) is 43.0 Å². The highest BCUT2D eigenvalue weighted by molar-refractivity contribution is 6.37. The molecule has 1 aromatic heterocycles. The van der Waals surface area contributed by atoms with E-state index in [9.17, 15) is 0 Å². The first kappa shape index (κ1) is 14.7. The molecule has 1 aliphatic carbocycles. The number of nitrogens with one attached hydrogen (secondary N) is 1. The second kappa shape index (κ2) is 6.19. The predicted molar refractivity (Wildman–Crippen MR) is 83.6 cm³/mol. The lowest BCUT2D eigenvalue weighted by atomic mass is 9.86. The number of aromatic nitrogens is 1.